The van der Waals surface area contributed by atoms with Gasteiger partial charge in [0.1, 0.15) is 11.9 Å². The molecule has 0 aliphatic heterocycles. The number of ether oxygens (including phenoxy) is 1. The van der Waals surface area contributed by atoms with E-state index in [0.29, 0.717) is 0 Å². The second kappa shape index (κ2) is 3.93. The van der Waals surface area contributed by atoms with Crippen molar-refractivity contribution in [1.82, 2.24) is 0 Å². The first kappa shape index (κ1) is 10.0. The molecule has 1 aromatic carbocycles. The number of allylic oxidation sites excluding steroid dienone is 2. The summed E-state index contributed by atoms with van der Waals surface area (Å²) in [7, 11) is 0. The molecule has 1 nitrogen and oxygen atoms in total. The third-order valence-corrected chi connectivity index (χ3v) is 2.57. The Bertz CT molecular complexity index is 392. The Morgan fingerprint density at radius 3 is 2.00 bits per heavy atom. The summed E-state index contributed by atoms with van der Waals surface area (Å²) in [6, 6.07) is 4.31. The maximum absolute atomic E-state index is 5.92. The molecular formula is C14H16O. The Labute approximate surface area is 91.1 Å². The van der Waals surface area contributed by atoms with Gasteiger partial charge in [0.15, 0.2) is 0 Å². The van der Waals surface area contributed by atoms with Gasteiger partial charge in [-0.15, -0.1) is 0 Å². The van der Waals surface area contributed by atoms with Gasteiger partial charge in [0, 0.05) is 0 Å². The highest BCUT2D eigenvalue weighted by Crippen LogP contribution is 2.26. The van der Waals surface area contributed by atoms with Gasteiger partial charge in [-0.2, -0.15) is 0 Å². The molecule has 0 saturated heterocycles. The summed E-state index contributed by atoms with van der Waals surface area (Å²) in [6.45, 7) is 6.30. The van der Waals surface area contributed by atoms with Crippen LogP contribution in [0.3, 0.4) is 0 Å². The second-order valence-electron chi connectivity index (χ2n) is 4.08. The summed E-state index contributed by atoms with van der Waals surface area (Å²) in [6.07, 6.45) is 8.25. The summed E-state index contributed by atoms with van der Waals surface area (Å²) < 4.78 is 5.92. The molecule has 0 spiro atoms. The lowest BCUT2D eigenvalue weighted by Gasteiger charge is -2.15. The first-order chi connectivity index (χ1) is 7.16. The minimum Gasteiger partial charge on any atom is -0.482 e. The van der Waals surface area contributed by atoms with Crippen LogP contribution in [0.2, 0.25) is 0 Å². The van der Waals surface area contributed by atoms with Crippen molar-refractivity contribution < 1.29 is 4.74 Å². The SMILES string of the molecule is Cc1cc(C)c(OC2C=CC=C2)c(C)c1. The monoisotopic (exact) mass is 200 g/mol. The van der Waals surface area contributed by atoms with Crippen molar-refractivity contribution in [3.05, 3.63) is 53.1 Å². The molecule has 0 radical (unpaired) electrons. The normalized spacial score (nSPS) is 14.9. The van der Waals surface area contributed by atoms with Crippen LogP contribution in [-0.4, -0.2) is 6.10 Å². The molecule has 1 aromatic rings. The average molecular weight is 200 g/mol. The van der Waals surface area contributed by atoms with Gasteiger partial charge in [-0.3, -0.25) is 0 Å². The first-order valence-corrected chi connectivity index (χ1v) is 5.26. The quantitative estimate of drug-likeness (QED) is 0.710. The molecule has 2 rings (SSSR count). The van der Waals surface area contributed by atoms with Gasteiger partial charge in [0.2, 0.25) is 0 Å². The molecule has 0 heterocycles. The summed E-state index contributed by atoms with van der Waals surface area (Å²) >= 11 is 0. The zero-order valence-corrected chi connectivity index (χ0v) is 9.45. The summed E-state index contributed by atoms with van der Waals surface area (Å²) in [5.41, 5.74) is 3.71. The van der Waals surface area contributed by atoms with Gasteiger partial charge in [0.05, 0.1) is 0 Å². The van der Waals surface area contributed by atoms with E-state index in [-0.39, 0.29) is 6.10 Å². The average Bonchev–Trinajstić information content (AvgIpc) is 2.63. The molecule has 0 unspecified atom stereocenters. The van der Waals surface area contributed by atoms with Gasteiger partial charge >= 0.3 is 0 Å². The Morgan fingerprint density at radius 1 is 0.933 bits per heavy atom. The molecule has 0 amide bonds. The molecular weight excluding hydrogens is 184 g/mol. The number of hydrogen-bond donors (Lipinski definition) is 0. The molecule has 0 aromatic heterocycles. The van der Waals surface area contributed by atoms with Crippen molar-refractivity contribution in [1.29, 1.82) is 0 Å². The Kier molecular flexibility index (Phi) is 2.63. The van der Waals surface area contributed by atoms with Crippen molar-refractivity contribution in [2.24, 2.45) is 0 Å². The fourth-order valence-corrected chi connectivity index (χ4v) is 1.98. The van der Waals surface area contributed by atoms with E-state index in [4.69, 9.17) is 4.74 Å². The van der Waals surface area contributed by atoms with Gasteiger partial charge in [-0.05, 0) is 44.1 Å². The Hall–Kier alpha value is -1.50. The van der Waals surface area contributed by atoms with Crippen LogP contribution >= 0.6 is 0 Å². The van der Waals surface area contributed by atoms with E-state index in [0.717, 1.165) is 5.75 Å². The third-order valence-electron chi connectivity index (χ3n) is 2.57. The number of rotatable bonds is 2. The smallest absolute Gasteiger partial charge is 0.136 e. The van der Waals surface area contributed by atoms with Gasteiger partial charge in [0.25, 0.3) is 0 Å². The maximum Gasteiger partial charge on any atom is 0.136 e. The van der Waals surface area contributed by atoms with E-state index in [9.17, 15) is 0 Å². The lowest BCUT2D eigenvalue weighted by molar-refractivity contribution is 0.294. The molecule has 0 N–H and O–H groups in total. The van der Waals surface area contributed by atoms with Gasteiger partial charge in [-0.1, -0.05) is 29.8 Å². The highest BCUT2D eigenvalue weighted by molar-refractivity contribution is 5.43. The van der Waals surface area contributed by atoms with E-state index >= 15 is 0 Å². The number of hydrogen-bond acceptors (Lipinski definition) is 1. The first-order valence-electron chi connectivity index (χ1n) is 5.26. The molecule has 0 fully saturated rings. The number of aryl methyl sites for hydroxylation is 3. The molecule has 1 aliphatic carbocycles. The summed E-state index contributed by atoms with van der Waals surface area (Å²) in [5.74, 6) is 1.02. The zero-order chi connectivity index (χ0) is 10.8. The van der Waals surface area contributed by atoms with Crippen LogP contribution in [0.5, 0.6) is 5.75 Å². The highest BCUT2D eigenvalue weighted by atomic mass is 16.5. The van der Waals surface area contributed by atoms with Crippen LogP contribution in [0.25, 0.3) is 0 Å². The predicted octanol–water partition coefficient (Wildman–Crippen LogP) is 3.49. The topological polar surface area (TPSA) is 9.23 Å². The van der Waals surface area contributed by atoms with Crippen molar-refractivity contribution in [2.45, 2.75) is 26.9 Å². The minimum atomic E-state index is 0.102. The van der Waals surface area contributed by atoms with Crippen LogP contribution in [-0.2, 0) is 0 Å². The molecule has 0 bridgehead atoms. The van der Waals surface area contributed by atoms with Crippen molar-refractivity contribution in [2.75, 3.05) is 0 Å². The van der Waals surface area contributed by atoms with Crippen LogP contribution < -0.4 is 4.74 Å². The molecule has 1 heteroatoms. The summed E-state index contributed by atoms with van der Waals surface area (Å²) in [4.78, 5) is 0. The Balaban J connectivity index is 2.27. The summed E-state index contributed by atoms with van der Waals surface area (Å²) in [5, 5.41) is 0. The second-order valence-corrected chi connectivity index (χ2v) is 4.08. The zero-order valence-electron chi connectivity index (χ0n) is 9.45. The lowest BCUT2D eigenvalue weighted by Crippen LogP contribution is -2.10. The van der Waals surface area contributed by atoms with E-state index in [1.807, 2.05) is 12.2 Å². The van der Waals surface area contributed by atoms with Crippen LogP contribution in [0.4, 0.5) is 0 Å². The number of benzene rings is 1. The van der Waals surface area contributed by atoms with Crippen molar-refractivity contribution in [3.8, 4) is 5.75 Å². The third kappa shape index (κ3) is 2.12. The van der Waals surface area contributed by atoms with E-state index < -0.39 is 0 Å². The molecule has 15 heavy (non-hydrogen) atoms. The van der Waals surface area contributed by atoms with E-state index in [2.05, 4.69) is 45.1 Å². The standard InChI is InChI=1S/C14H16O/c1-10-8-11(2)14(12(3)9-10)15-13-6-4-5-7-13/h4-9,13H,1-3H3. The van der Waals surface area contributed by atoms with Gasteiger partial charge in [-0.25, -0.2) is 0 Å². The highest BCUT2D eigenvalue weighted by Gasteiger charge is 2.10. The molecule has 78 valence electrons. The van der Waals surface area contributed by atoms with E-state index in [1.54, 1.807) is 0 Å². The van der Waals surface area contributed by atoms with Crippen molar-refractivity contribution >= 4 is 0 Å². The fraction of sp³-hybridized carbons (Fsp3) is 0.286. The fourth-order valence-electron chi connectivity index (χ4n) is 1.98. The largest absolute Gasteiger partial charge is 0.482 e. The van der Waals surface area contributed by atoms with Crippen LogP contribution in [0.15, 0.2) is 36.4 Å². The Morgan fingerprint density at radius 2 is 1.47 bits per heavy atom. The van der Waals surface area contributed by atoms with Gasteiger partial charge < -0.3 is 4.74 Å². The van der Waals surface area contributed by atoms with E-state index in [1.165, 1.54) is 16.7 Å². The molecule has 1 aliphatic rings. The van der Waals surface area contributed by atoms with Crippen LogP contribution in [0, 0.1) is 20.8 Å². The lowest BCUT2D eigenvalue weighted by atomic mass is 10.1. The van der Waals surface area contributed by atoms with Crippen molar-refractivity contribution in [3.63, 3.8) is 0 Å². The molecule has 0 saturated carbocycles. The predicted molar refractivity (Wildman–Crippen MR) is 63.3 cm³/mol. The maximum atomic E-state index is 5.92. The molecule has 0 atom stereocenters. The van der Waals surface area contributed by atoms with Crippen LogP contribution in [0.1, 0.15) is 16.7 Å². The minimum absolute atomic E-state index is 0.102.